The Labute approximate surface area is 158 Å². The van der Waals surface area contributed by atoms with Crippen molar-refractivity contribution in [2.75, 3.05) is 18.4 Å². The molecule has 4 rings (SSSR count). The van der Waals surface area contributed by atoms with Gasteiger partial charge in [-0.05, 0) is 48.2 Å². The van der Waals surface area contributed by atoms with Crippen molar-refractivity contribution in [1.82, 2.24) is 4.90 Å². The lowest BCUT2D eigenvalue weighted by molar-refractivity contribution is 0.0725. The Kier molecular flexibility index (Phi) is 4.88. The summed E-state index contributed by atoms with van der Waals surface area (Å²) >= 11 is 0. The Balaban J connectivity index is 1.63. The fourth-order valence-electron chi connectivity index (χ4n) is 3.66. The van der Waals surface area contributed by atoms with Crippen LogP contribution in [0.15, 0.2) is 66.7 Å². The molecular formula is C23H22N2O2. The van der Waals surface area contributed by atoms with E-state index in [9.17, 15) is 9.59 Å². The Bertz CT molecular complexity index is 985. The number of piperidine rings is 1. The summed E-state index contributed by atoms with van der Waals surface area (Å²) in [5, 5.41) is 4.87. The molecule has 27 heavy (non-hydrogen) atoms. The van der Waals surface area contributed by atoms with Crippen molar-refractivity contribution in [3.8, 4) is 0 Å². The van der Waals surface area contributed by atoms with Crippen LogP contribution in [-0.2, 0) is 0 Å². The molecule has 0 bridgehead atoms. The lowest BCUT2D eigenvalue weighted by Gasteiger charge is -2.27. The number of nitrogens with one attached hydrogen (secondary N) is 1. The molecule has 136 valence electrons. The normalized spacial score (nSPS) is 14.1. The Morgan fingerprint density at radius 1 is 0.741 bits per heavy atom. The lowest BCUT2D eigenvalue weighted by atomic mass is 10.0. The summed E-state index contributed by atoms with van der Waals surface area (Å²) in [7, 11) is 0. The van der Waals surface area contributed by atoms with Gasteiger partial charge in [-0.3, -0.25) is 9.59 Å². The van der Waals surface area contributed by atoms with Gasteiger partial charge < -0.3 is 10.2 Å². The van der Waals surface area contributed by atoms with E-state index < -0.39 is 0 Å². The highest BCUT2D eigenvalue weighted by molar-refractivity contribution is 6.14. The summed E-state index contributed by atoms with van der Waals surface area (Å²) in [6.45, 7) is 1.56. The number of rotatable bonds is 3. The maximum atomic E-state index is 12.9. The van der Waals surface area contributed by atoms with E-state index in [2.05, 4.69) is 5.32 Å². The van der Waals surface area contributed by atoms with Crippen molar-refractivity contribution in [3.05, 3.63) is 77.9 Å². The molecule has 0 aliphatic carbocycles. The van der Waals surface area contributed by atoms with Crippen molar-refractivity contribution >= 4 is 28.3 Å². The van der Waals surface area contributed by atoms with Crippen molar-refractivity contribution < 1.29 is 9.59 Å². The molecule has 4 nitrogen and oxygen atoms in total. The molecular weight excluding hydrogens is 336 g/mol. The largest absolute Gasteiger partial charge is 0.339 e. The standard InChI is InChI=1S/C23H22N2O2/c26-22(19-13-8-10-17-9-2-3-11-18(17)19)24-21-14-5-4-12-20(21)23(27)25-15-6-1-7-16-25/h2-5,8-14H,1,6-7,15-16H2,(H,24,26). The fourth-order valence-corrected chi connectivity index (χ4v) is 3.66. The number of carbonyl (C=O) groups is 2. The van der Waals surface area contributed by atoms with Gasteiger partial charge in [0.25, 0.3) is 11.8 Å². The number of hydrogen-bond acceptors (Lipinski definition) is 2. The molecule has 2 amide bonds. The van der Waals surface area contributed by atoms with Crippen LogP contribution in [0, 0.1) is 0 Å². The average Bonchev–Trinajstić information content (AvgIpc) is 2.74. The van der Waals surface area contributed by atoms with Crippen molar-refractivity contribution in [2.45, 2.75) is 19.3 Å². The number of nitrogens with zero attached hydrogens (tertiary/aromatic N) is 1. The van der Waals surface area contributed by atoms with E-state index in [-0.39, 0.29) is 11.8 Å². The third-order valence-electron chi connectivity index (χ3n) is 5.08. The maximum absolute atomic E-state index is 12.9. The van der Waals surface area contributed by atoms with Crippen molar-refractivity contribution in [2.24, 2.45) is 0 Å². The zero-order valence-electron chi connectivity index (χ0n) is 15.2. The highest BCUT2D eigenvalue weighted by Crippen LogP contribution is 2.23. The van der Waals surface area contributed by atoms with Gasteiger partial charge in [-0.1, -0.05) is 48.5 Å². The van der Waals surface area contributed by atoms with Crippen LogP contribution in [0.1, 0.15) is 40.0 Å². The van der Waals surface area contributed by atoms with Crippen LogP contribution in [0.5, 0.6) is 0 Å². The van der Waals surface area contributed by atoms with Gasteiger partial charge in [0.15, 0.2) is 0 Å². The molecule has 1 N–H and O–H groups in total. The summed E-state index contributed by atoms with van der Waals surface area (Å²) in [5.41, 5.74) is 1.72. The second-order valence-corrected chi connectivity index (χ2v) is 6.88. The highest BCUT2D eigenvalue weighted by atomic mass is 16.2. The first-order valence-corrected chi connectivity index (χ1v) is 9.41. The summed E-state index contributed by atoms with van der Waals surface area (Å²) in [4.78, 5) is 27.8. The lowest BCUT2D eigenvalue weighted by Crippen LogP contribution is -2.36. The van der Waals surface area contributed by atoms with Crippen molar-refractivity contribution in [1.29, 1.82) is 0 Å². The van der Waals surface area contributed by atoms with Gasteiger partial charge in [-0.15, -0.1) is 0 Å². The molecule has 0 atom stereocenters. The van der Waals surface area contributed by atoms with Crippen LogP contribution >= 0.6 is 0 Å². The zero-order valence-corrected chi connectivity index (χ0v) is 15.2. The van der Waals surface area contributed by atoms with Gasteiger partial charge in [0.05, 0.1) is 11.3 Å². The predicted molar refractivity (Wildman–Crippen MR) is 108 cm³/mol. The molecule has 3 aromatic rings. The van der Waals surface area contributed by atoms with Gasteiger partial charge >= 0.3 is 0 Å². The zero-order chi connectivity index (χ0) is 18.6. The van der Waals surface area contributed by atoms with Gasteiger partial charge in [-0.25, -0.2) is 0 Å². The van der Waals surface area contributed by atoms with Gasteiger partial charge in [0.2, 0.25) is 0 Å². The molecule has 1 heterocycles. The number of fused-ring (bicyclic) bond motifs is 1. The van der Waals surface area contributed by atoms with E-state index in [1.807, 2.05) is 59.5 Å². The van der Waals surface area contributed by atoms with Gasteiger partial charge in [-0.2, -0.15) is 0 Å². The molecule has 1 aliphatic rings. The summed E-state index contributed by atoms with van der Waals surface area (Å²) in [6, 6.07) is 20.7. The van der Waals surface area contributed by atoms with E-state index >= 15 is 0 Å². The van der Waals surface area contributed by atoms with Crippen LogP contribution in [-0.4, -0.2) is 29.8 Å². The van der Waals surface area contributed by atoms with Crippen LogP contribution in [0.3, 0.4) is 0 Å². The van der Waals surface area contributed by atoms with E-state index in [0.717, 1.165) is 36.7 Å². The van der Waals surface area contributed by atoms with E-state index in [0.29, 0.717) is 16.8 Å². The Morgan fingerprint density at radius 3 is 2.26 bits per heavy atom. The molecule has 1 saturated heterocycles. The first-order valence-electron chi connectivity index (χ1n) is 9.41. The molecule has 0 radical (unpaired) electrons. The highest BCUT2D eigenvalue weighted by Gasteiger charge is 2.21. The number of hydrogen-bond donors (Lipinski definition) is 1. The summed E-state index contributed by atoms with van der Waals surface area (Å²) in [5.74, 6) is -0.214. The number of para-hydroxylation sites is 1. The van der Waals surface area contributed by atoms with E-state index in [4.69, 9.17) is 0 Å². The second-order valence-electron chi connectivity index (χ2n) is 6.88. The Hall–Kier alpha value is -3.14. The number of anilines is 1. The molecule has 3 aromatic carbocycles. The van der Waals surface area contributed by atoms with E-state index in [1.165, 1.54) is 6.42 Å². The number of benzene rings is 3. The number of likely N-dealkylation sites (tertiary alicyclic amines) is 1. The van der Waals surface area contributed by atoms with Gasteiger partial charge in [0.1, 0.15) is 0 Å². The number of amides is 2. The summed E-state index contributed by atoms with van der Waals surface area (Å²) < 4.78 is 0. The molecule has 1 aliphatic heterocycles. The average molecular weight is 358 g/mol. The van der Waals surface area contributed by atoms with Crippen molar-refractivity contribution in [3.63, 3.8) is 0 Å². The topological polar surface area (TPSA) is 49.4 Å². The first kappa shape index (κ1) is 17.3. The first-order chi connectivity index (χ1) is 13.2. The molecule has 1 fully saturated rings. The number of carbonyl (C=O) groups excluding carboxylic acids is 2. The summed E-state index contributed by atoms with van der Waals surface area (Å²) in [6.07, 6.45) is 3.25. The monoisotopic (exact) mass is 358 g/mol. The third-order valence-corrected chi connectivity index (χ3v) is 5.08. The molecule has 0 saturated carbocycles. The van der Waals surface area contributed by atoms with E-state index in [1.54, 1.807) is 12.1 Å². The second kappa shape index (κ2) is 7.62. The van der Waals surface area contributed by atoms with Crippen LogP contribution < -0.4 is 5.32 Å². The minimum Gasteiger partial charge on any atom is -0.339 e. The Morgan fingerprint density at radius 2 is 1.41 bits per heavy atom. The minimum absolute atomic E-state index is 0.0106. The maximum Gasteiger partial charge on any atom is 0.256 e. The quantitative estimate of drug-likeness (QED) is 0.736. The minimum atomic E-state index is -0.203. The molecule has 0 unspecified atom stereocenters. The van der Waals surface area contributed by atoms with Crippen LogP contribution in [0.4, 0.5) is 5.69 Å². The van der Waals surface area contributed by atoms with Crippen LogP contribution in [0.2, 0.25) is 0 Å². The smallest absolute Gasteiger partial charge is 0.256 e. The fraction of sp³-hybridized carbons (Fsp3) is 0.217. The predicted octanol–water partition coefficient (Wildman–Crippen LogP) is 4.72. The molecule has 0 aromatic heterocycles. The van der Waals surface area contributed by atoms with Gasteiger partial charge in [0, 0.05) is 18.7 Å². The van der Waals surface area contributed by atoms with Crippen LogP contribution in [0.25, 0.3) is 10.8 Å². The molecule has 0 spiro atoms. The third kappa shape index (κ3) is 3.56. The molecule has 4 heteroatoms. The SMILES string of the molecule is O=C(Nc1ccccc1C(=O)N1CCCCC1)c1cccc2ccccc12.